The number of oxazole rings is 1. The fraction of sp³-hybridized carbons (Fsp3) is 0.409. The second kappa shape index (κ2) is 6.93. The lowest BCUT2D eigenvalue weighted by molar-refractivity contribution is 0.0888. The molecule has 28 heavy (non-hydrogen) atoms. The van der Waals surface area contributed by atoms with Gasteiger partial charge in [0.1, 0.15) is 0 Å². The third-order valence-corrected chi connectivity index (χ3v) is 5.35. The molecule has 3 aromatic rings. The van der Waals surface area contributed by atoms with Crippen LogP contribution in [-0.4, -0.2) is 20.7 Å². The van der Waals surface area contributed by atoms with Crippen molar-refractivity contribution in [1.29, 1.82) is 0 Å². The third kappa shape index (κ3) is 3.59. The molecule has 1 atom stereocenters. The second-order valence-corrected chi connectivity index (χ2v) is 8.41. The van der Waals surface area contributed by atoms with Crippen LogP contribution in [-0.2, 0) is 13.0 Å². The lowest BCUT2D eigenvalue weighted by Gasteiger charge is -2.35. The van der Waals surface area contributed by atoms with Crippen molar-refractivity contribution in [2.75, 3.05) is 0 Å². The van der Waals surface area contributed by atoms with E-state index in [9.17, 15) is 4.79 Å². The quantitative estimate of drug-likeness (QED) is 0.745. The van der Waals surface area contributed by atoms with Crippen LogP contribution in [0.3, 0.4) is 0 Å². The average Bonchev–Trinajstić information content (AvgIpc) is 3.17. The summed E-state index contributed by atoms with van der Waals surface area (Å²) in [5.74, 6) is 0.574. The van der Waals surface area contributed by atoms with Crippen LogP contribution >= 0.6 is 0 Å². The highest BCUT2D eigenvalue weighted by Crippen LogP contribution is 2.41. The first-order valence-electron chi connectivity index (χ1n) is 9.66. The van der Waals surface area contributed by atoms with E-state index in [4.69, 9.17) is 4.42 Å². The van der Waals surface area contributed by atoms with Crippen LogP contribution in [0, 0.1) is 19.3 Å². The zero-order valence-corrected chi connectivity index (χ0v) is 16.8. The highest BCUT2D eigenvalue weighted by atomic mass is 16.4. The summed E-state index contributed by atoms with van der Waals surface area (Å²) in [6, 6.07) is 10.2. The summed E-state index contributed by atoms with van der Waals surface area (Å²) in [6.07, 6.45) is 3.69. The Morgan fingerprint density at radius 2 is 2.04 bits per heavy atom. The Hall–Kier alpha value is -2.89. The molecular weight excluding hydrogens is 352 g/mol. The molecule has 1 amide bonds. The van der Waals surface area contributed by atoms with Crippen LogP contribution < -0.4 is 5.32 Å². The van der Waals surface area contributed by atoms with Crippen LogP contribution in [0.5, 0.6) is 0 Å². The molecule has 1 aromatic carbocycles. The molecule has 0 radical (unpaired) electrons. The van der Waals surface area contributed by atoms with Gasteiger partial charge in [-0.1, -0.05) is 44.2 Å². The number of aryl methyl sites for hydroxylation is 2. The minimum absolute atomic E-state index is 0.0613. The maximum absolute atomic E-state index is 12.8. The smallest absolute Gasteiger partial charge is 0.289 e. The normalized spacial score (nSPS) is 17.9. The Kier molecular flexibility index (Phi) is 4.57. The van der Waals surface area contributed by atoms with Gasteiger partial charge < -0.3 is 9.73 Å². The van der Waals surface area contributed by atoms with E-state index in [1.807, 2.05) is 24.4 Å². The highest BCUT2D eigenvalue weighted by molar-refractivity contribution is 5.92. The number of hydrogen-bond acceptors (Lipinski definition) is 4. The Labute approximate surface area is 165 Å². The van der Waals surface area contributed by atoms with Gasteiger partial charge in [-0.25, -0.2) is 4.98 Å². The van der Waals surface area contributed by atoms with Crippen LogP contribution in [0.2, 0.25) is 0 Å². The molecule has 0 unspecified atom stereocenters. The first-order valence-corrected chi connectivity index (χ1v) is 9.66. The van der Waals surface area contributed by atoms with Gasteiger partial charge in [0.05, 0.1) is 24.5 Å². The molecule has 2 heterocycles. The Morgan fingerprint density at radius 1 is 1.29 bits per heavy atom. The highest BCUT2D eigenvalue weighted by Gasteiger charge is 2.36. The predicted octanol–water partition coefficient (Wildman–Crippen LogP) is 3.98. The minimum Gasteiger partial charge on any atom is -0.436 e. The molecule has 1 N–H and O–H groups in total. The van der Waals surface area contributed by atoms with Crippen molar-refractivity contribution in [3.8, 4) is 0 Å². The molecule has 6 heteroatoms. The van der Waals surface area contributed by atoms with E-state index >= 15 is 0 Å². The van der Waals surface area contributed by atoms with E-state index in [0.29, 0.717) is 17.3 Å². The largest absolute Gasteiger partial charge is 0.436 e. The molecule has 0 aliphatic heterocycles. The number of hydrogen-bond donors (Lipinski definition) is 1. The molecule has 0 fully saturated rings. The number of nitrogens with one attached hydrogen (secondary N) is 1. The molecule has 0 saturated carbocycles. The molecule has 6 nitrogen and oxygen atoms in total. The topological polar surface area (TPSA) is 73.0 Å². The molecule has 4 rings (SSSR count). The number of rotatable bonds is 4. The summed E-state index contributed by atoms with van der Waals surface area (Å²) in [6.45, 7) is 8.74. The Bertz CT molecular complexity index is 1000. The second-order valence-electron chi connectivity index (χ2n) is 8.41. The maximum Gasteiger partial charge on any atom is 0.289 e. The minimum atomic E-state index is -0.220. The molecule has 1 aliphatic rings. The van der Waals surface area contributed by atoms with E-state index in [1.165, 1.54) is 11.3 Å². The molecule has 0 spiro atoms. The van der Waals surface area contributed by atoms with Gasteiger partial charge in [0.25, 0.3) is 5.91 Å². The first kappa shape index (κ1) is 18.5. The van der Waals surface area contributed by atoms with E-state index in [-0.39, 0.29) is 17.4 Å². The predicted molar refractivity (Wildman–Crippen MR) is 106 cm³/mol. The molecule has 1 aliphatic carbocycles. The summed E-state index contributed by atoms with van der Waals surface area (Å²) in [5, 5.41) is 7.79. The van der Waals surface area contributed by atoms with Gasteiger partial charge in [0, 0.05) is 18.2 Å². The lowest BCUT2D eigenvalue weighted by Crippen LogP contribution is -2.37. The van der Waals surface area contributed by atoms with Gasteiger partial charge in [-0.15, -0.1) is 0 Å². The van der Waals surface area contributed by atoms with Gasteiger partial charge in [-0.05, 0) is 30.7 Å². The number of aromatic nitrogens is 3. The number of carbonyl (C=O) groups is 1. The van der Waals surface area contributed by atoms with Crippen LogP contribution in [0.15, 0.2) is 40.9 Å². The van der Waals surface area contributed by atoms with E-state index in [2.05, 4.69) is 46.1 Å². The van der Waals surface area contributed by atoms with Crippen molar-refractivity contribution >= 4 is 5.91 Å². The Morgan fingerprint density at radius 3 is 2.71 bits per heavy atom. The summed E-state index contributed by atoms with van der Waals surface area (Å²) >= 11 is 0. The van der Waals surface area contributed by atoms with Gasteiger partial charge in [-0.3, -0.25) is 9.48 Å². The van der Waals surface area contributed by atoms with Crippen molar-refractivity contribution in [2.24, 2.45) is 5.41 Å². The maximum atomic E-state index is 12.8. The first-order chi connectivity index (χ1) is 13.3. The Balaban J connectivity index is 1.62. The summed E-state index contributed by atoms with van der Waals surface area (Å²) < 4.78 is 7.56. The number of amides is 1. The number of nitrogens with zero attached hydrogens (tertiary/aromatic N) is 3. The fourth-order valence-electron chi connectivity index (χ4n) is 4.08. The van der Waals surface area contributed by atoms with Gasteiger partial charge in [0.15, 0.2) is 5.89 Å². The van der Waals surface area contributed by atoms with Crippen molar-refractivity contribution in [2.45, 2.75) is 53.1 Å². The number of fused-ring (bicyclic) bond motifs is 1. The summed E-state index contributed by atoms with van der Waals surface area (Å²) in [5.41, 5.74) is 4.18. The van der Waals surface area contributed by atoms with Crippen LogP contribution in [0.25, 0.3) is 0 Å². The van der Waals surface area contributed by atoms with Crippen molar-refractivity contribution in [3.05, 3.63) is 70.7 Å². The zero-order valence-electron chi connectivity index (χ0n) is 16.8. The van der Waals surface area contributed by atoms with Crippen LogP contribution in [0.1, 0.15) is 65.3 Å². The fourth-order valence-corrected chi connectivity index (χ4v) is 4.08. The number of carbonyl (C=O) groups excluding carboxylic acids is 1. The number of benzene rings is 1. The van der Waals surface area contributed by atoms with Gasteiger partial charge in [0.2, 0.25) is 5.76 Å². The molecular formula is C22H26N4O2. The molecule has 0 bridgehead atoms. The monoisotopic (exact) mass is 378 g/mol. The lowest BCUT2D eigenvalue weighted by atomic mass is 9.74. The van der Waals surface area contributed by atoms with E-state index in [1.54, 1.807) is 13.8 Å². The van der Waals surface area contributed by atoms with Gasteiger partial charge >= 0.3 is 0 Å². The van der Waals surface area contributed by atoms with Gasteiger partial charge in [-0.2, -0.15) is 5.10 Å². The summed E-state index contributed by atoms with van der Waals surface area (Å²) in [4.78, 5) is 17.0. The third-order valence-electron chi connectivity index (χ3n) is 5.35. The SMILES string of the molecule is Cc1nc(C)c(C(=O)N[C@@H]2CC(C)(C)Cc3c2cnn3Cc2ccccc2)o1. The summed E-state index contributed by atoms with van der Waals surface area (Å²) in [7, 11) is 0. The van der Waals surface area contributed by atoms with E-state index < -0.39 is 0 Å². The molecule has 2 aromatic heterocycles. The molecule has 146 valence electrons. The average molecular weight is 378 g/mol. The molecule has 0 saturated heterocycles. The standard InChI is InChI=1S/C22H26N4O2/c1-14-20(28-15(2)24-14)21(27)25-18-10-22(3,4)11-19-17(18)12-23-26(19)13-16-8-6-5-7-9-16/h5-9,12,18H,10-11,13H2,1-4H3,(H,25,27)/t18-/m1/s1. The van der Waals surface area contributed by atoms with Crippen LogP contribution in [0.4, 0.5) is 0 Å². The van der Waals surface area contributed by atoms with Crippen molar-refractivity contribution in [1.82, 2.24) is 20.1 Å². The zero-order chi connectivity index (χ0) is 19.9. The van der Waals surface area contributed by atoms with Crippen molar-refractivity contribution in [3.63, 3.8) is 0 Å². The van der Waals surface area contributed by atoms with Crippen molar-refractivity contribution < 1.29 is 9.21 Å². The van der Waals surface area contributed by atoms with E-state index in [0.717, 1.165) is 24.9 Å².